The average Bonchev–Trinajstić information content (AvgIpc) is 2.32. The van der Waals surface area contributed by atoms with Crippen molar-refractivity contribution in [3.8, 4) is 0 Å². The third-order valence-corrected chi connectivity index (χ3v) is 2.79. The van der Waals surface area contributed by atoms with Crippen LogP contribution in [0.25, 0.3) is 0 Å². The Morgan fingerprint density at radius 2 is 2.00 bits per heavy atom. The highest BCUT2D eigenvalue weighted by Gasteiger charge is 2.11. The number of hydrogen-bond donors (Lipinski definition) is 2. The van der Waals surface area contributed by atoms with Crippen LogP contribution in [0.2, 0.25) is 0 Å². The molecule has 94 valence electrons. The quantitative estimate of drug-likeness (QED) is 0.796. The minimum absolute atomic E-state index is 0.0529. The second-order valence-electron chi connectivity index (χ2n) is 4.35. The smallest absolute Gasteiger partial charge is 0.227 e. The SMILES string of the molecule is CCCC(C)C(=O)Nc1ccc(CCO)cc1. The van der Waals surface area contributed by atoms with Crippen LogP contribution >= 0.6 is 0 Å². The van der Waals surface area contributed by atoms with E-state index in [0.29, 0.717) is 6.42 Å². The number of carbonyl (C=O) groups excluding carboxylic acids is 1. The molecule has 3 heteroatoms. The summed E-state index contributed by atoms with van der Waals surface area (Å²) in [6.45, 7) is 4.17. The second-order valence-corrected chi connectivity index (χ2v) is 4.35. The fourth-order valence-electron chi connectivity index (χ4n) is 1.71. The summed E-state index contributed by atoms with van der Waals surface area (Å²) in [5.74, 6) is 0.124. The molecule has 0 spiro atoms. The number of aliphatic hydroxyl groups excluding tert-OH is 1. The molecule has 1 aromatic carbocycles. The Morgan fingerprint density at radius 1 is 1.35 bits per heavy atom. The zero-order chi connectivity index (χ0) is 12.7. The molecule has 1 aromatic rings. The summed E-state index contributed by atoms with van der Waals surface area (Å²) in [5.41, 5.74) is 1.90. The van der Waals surface area contributed by atoms with E-state index in [4.69, 9.17) is 5.11 Å². The normalized spacial score (nSPS) is 12.2. The molecule has 1 atom stereocenters. The molecular formula is C14H21NO2. The molecule has 0 saturated carbocycles. The molecule has 0 aliphatic heterocycles. The highest BCUT2D eigenvalue weighted by molar-refractivity contribution is 5.92. The van der Waals surface area contributed by atoms with Crippen LogP contribution in [0.15, 0.2) is 24.3 Å². The highest BCUT2D eigenvalue weighted by Crippen LogP contribution is 2.13. The highest BCUT2D eigenvalue weighted by atomic mass is 16.2. The summed E-state index contributed by atoms with van der Waals surface area (Å²) in [7, 11) is 0. The van der Waals surface area contributed by atoms with Crippen LogP contribution in [0, 0.1) is 5.92 Å². The van der Waals surface area contributed by atoms with Gasteiger partial charge >= 0.3 is 0 Å². The third kappa shape index (κ3) is 4.57. The van der Waals surface area contributed by atoms with Crippen molar-refractivity contribution in [3.63, 3.8) is 0 Å². The van der Waals surface area contributed by atoms with Crippen molar-refractivity contribution in [1.29, 1.82) is 0 Å². The molecular weight excluding hydrogens is 214 g/mol. The van der Waals surface area contributed by atoms with Crippen molar-refractivity contribution in [2.75, 3.05) is 11.9 Å². The van der Waals surface area contributed by atoms with Crippen LogP contribution in [0.1, 0.15) is 32.3 Å². The van der Waals surface area contributed by atoms with E-state index in [1.54, 1.807) is 0 Å². The predicted molar refractivity (Wildman–Crippen MR) is 69.9 cm³/mol. The van der Waals surface area contributed by atoms with Gasteiger partial charge in [0.1, 0.15) is 0 Å². The third-order valence-electron chi connectivity index (χ3n) is 2.79. The number of carbonyl (C=O) groups is 1. The van der Waals surface area contributed by atoms with Gasteiger partial charge in [0.15, 0.2) is 0 Å². The van der Waals surface area contributed by atoms with Gasteiger partial charge in [0.25, 0.3) is 0 Å². The fraction of sp³-hybridized carbons (Fsp3) is 0.500. The first-order valence-electron chi connectivity index (χ1n) is 6.18. The maximum Gasteiger partial charge on any atom is 0.227 e. The molecule has 0 heterocycles. The Morgan fingerprint density at radius 3 is 2.53 bits per heavy atom. The van der Waals surface area contributed by atoms with Gasteiger partial charge in [-0.1, -0.05) is 32.4 Å². The number of amides is 1. The van der Waals surface area contributed by atoms with E-state index in [-0.39, 0.29) is 18.4 Å². The number of aliphatic hydroxyl groups is 1. The van der Waals surface area contributed by atoms with E-state index in [1.165, 1.54) is 0 Å². The monoisotopic (exact) mass is 235 g/mol. The Labute approximate surface area is 103 Å². The molecule has 0 aliphatic carbocycles. The zero-order valence-electron chi connectivity index (χ0n) is 10.6. The Balaban J connectivity index is 2.53. The largest absolute Gasteiger partial charge is 0.396 e. The average molecular weight is 235 g/mol. The summed E-state index contributed by atoms with van der Waals surface area (Å²) in [4.78, 5) is 11.8. The molecule has 17 heavy (non-hydrogen) atoms. The van der Waals surface area contributed by atoms with Crippen LogP contribution in [0.5, 0.6) is 0 Å². The maximum absolute atomic E-state index is 11.8. The van der Waals surface area contributed by atoms with Gasteiger partial charge in [0.2, 0.25) is 5.91 Å². The molecule has 0 aromatic heterocycles. The zero-order valence-corrected chi connectivity index (χ0v) is 10.6. The van der Waals surface area contributed by atoms with Crippen LogP contribution in [0.4, 0.5) is 5.69 Å². The van der Waals surface area contributed by atoms with Crippen LogP contribution in [0.3, 0.4) is 0 Å². The summed E-state index contributed by atoms with van der Waals surface area (Å²) in [5, 5.41) is 11.7. The lowest BCUT2D eigenvalue weighted by atomic mass is 10.1. The lowest BCUT2D eigenvalue weighted by Crippen LogP contribution is -2.20. The van der Waals surface area contributed by atoms with E-state index in [1.807, 2.05) is 31.2 Å². The van der Waals surface area contributed by atoms with Crippen LogP contribution in [-0.4, -0.2) is 17.6 Å². The van der Waals surface area contributed by atoms with Gasteiger partial charge in [-0.3, -0.25) is 4.79 Å². The van der Waals surface area contributed by atoms with Crippen molar-refractivity contribution in [3.05, 3.63) is 29.8 Å². The van der Waals surface area contributed by atoms with Gasteiger partial charge in [-0.05, 0) is 30.5 Å². The molecule has 0 radical (unpaired) electrons. The Bertz CT molecular complexity index is 346. The van der Waals surface area contributed by atoms with E-state index in [9.17, 15) is 4.79 Å². The summed E-state index contributed by atoms with van der Waals surface area (Å²) in [6, 6.07) is 7.61. The molecule has 0 fully saturated rings. The summed E-state index contributed by atoms with van der Waals surface area (Å²) in [6.07, 6.45) is 2.58. The molecule has 0 saturated heterocycles. The molecule has 2 N–H and O–H groups in total. The first-order valence-corrected chi connectivity index (χ1v) is 6.18. The molecule has 1 amide bonds. The van der Waals surface area contributed by atoms with E-state index < -0.39 is 0 Å². The Hall–Kier alpha value is -1.35. The van der Waals surface area contributed by atoms with Crippen molar-refractivity contribution in [2.45, 2.75) is 33.1 Å². The maximum atomic E-state index is 11.8. The summed E-state index contributed by atoms with van der Waals surface area (Å²) >= 11 is 0. The van der Waals surface area contributed by atoms with Gasteiger partial charge in [0, 0.05) is 18.2 Å². The standard InChI is InChI=1S/C14H21NO2/c1-3-4-11(2)14(17)15-13-7-5-12(6-8-13)9-10-16/h5-8,11,16H,3-4,9-10H2,1-2H3,(H,15,17). The lowest BCUT2D eigenvalue weighted by molar-refractivity contribution is -0.119. The van der Waals surface area contributed by atoms with Crippen molar-refractivity contribution < 1.29 is 9.90 Å². The fourth-order valence-corrected chi connectivity index (χ4v) is 1.71. The Kier molecular flexibility index (Phi) is 5.70. The van der Waals surface area contributed by atoms with Crippen LogP contribution in [-0.2, 0) is 11.2 Å². The first kappa shape index (κ1) is 13.7. The molecule has 0 aliphatic rings. The first-order chi connectivity index (χ1) is 8.17. The van der Waals surface area contributed by atoms with Crippen molar-refractivity contribution in [1.82, 2.24) is 0 Å². The number of nitrogens with one attached hydrogen (secondary N) is 1. The van der Waals surface area contributed by atoms with Gasteiger partial charge < -0.3 is 10.4 Å². The predicted octanol–water partition coefficient (Wildman–Crippen LogP) is 2.60. The summed E-state index contributed by atoms with van der Waals surface area (Å²) < 4.78 is 0. The molecule has 0 bridgehead atoms. The number of benzene rings is 1. The van der Waals surface area contributed by atoms with Crippen molar-refractivity contribution >= 4 is 11.6 Å². The second kappa shape index (κ2) is 7.07. The van der Waals surface area contributed by atoms with E-state index >= 15 is 0 Å². The van der Waals surface area contributed by atoms with Crippen molar-refractivity contribution in [2.24, 2.45) is 5.92 Å². The van der Waals surface area contributed by atoms with Gasteiger partial charge in [-0.15, -0.1) is 0 Å². The number of hydrogen-bond acceptors (Lipinski definition) is 2. The van der Waals surface area contributed by atoms with E-state index in [0.717, 1.165) is 24.1 Å². The van der Waals surface area contributed by atoms with Gasteiger partial charge in [-0.25, -0.2) is 0 Å². The van der Waals surface area contributed by atoms with Crippen LogP contribution < -0.4 is 5.32 Å². The minimum Gasteiger partial charge on any atom is -0.396 e. The molecule has 3 nitrogen and oxygen atoms in total. The minimum atomic E-state index is 0.0529. The van der Waals surface area contributed by atoms with Gasteiger partial charge in [0.05, 0.1) is 0 Å². The molecule has 1 unspecified atom stereocenters. The molecule has 1 rings (SSSR count). The number of anilines is 1. The lowest BCUT2D eigenvalue weighted by Gasteiger charge is -2.11. The number of rotatable bonds is 6. The topological polar surface area (TPSA) is 49.3 Å². The van der Waals surface area contributed by atoms with E-state index in [2.05, 4.69) is 12.2 Å². The van der Waals surface area contributed by atoms with Gasteiger partial charge in [-0.2, -0.15) is 0 Å².